The first-order chi connectivity index (χ1) is 20.5. The number of benzene rings is 2. The number of anilines is 3. The van der Waals surface area contributed by atoms with Crippen molar-refractivity contribution in [1.29, 1.82) is 0 Å². The van der Waals surface area contributed by atoms with Crippen LogP contribution in [0.1, 0.15) is 45.6 Å². The molecule has 4 aliphatic rings. The van der Waals surface area contributed by atoms with Gasteiger partial charge in [-0.05, 0) is 57.0 Å². The third kappa shape index (κ3) is 4.54. The Bertz CT molecular complexity index is 1470. The number of carbonyl (C=O) groups is 3. The van der Waals surface area contributed by atoms with E-state index in [1.165, 1.54) is 0 Å². The maximum absolute atomic E-state index is 14.4. The number of fused-ring (bicyclic) bond motifs is 3. The van der Waals surface area contributed by atoms with Crippen molar-refractivity contribution in [2.75, 3.05) is 36.1 Å². The van der Waals surface area contributed by atoms with Crippen molar-refractivity contribution < 1.29 is 34.1 Å². The Labute approximate surface area is 251 Å². The first-order valence-electron chi connectivity index (χ1n) is 15.0. The molecule has 4 heterocycles. The van der Waals surface area contributed by atoms with Crippen LogP contribution < -0.4 is 14.5 Å². The fourth-order valence-corrected chi connectivity index (χ4v) is 7.74. The van der Waals surface area contributed by atoms with Crippen molar-refractivity contribution in [3.8, 4) is 5.75 Å². The standard InChI is InChI=1S/C33H39N3O7/c1-5-14-35-24-13-12-21(36-25-10-6-7-11-26(25)42-19-29(36)39)16-23(24)33(31(35)40)20(2)30(32(3,4)41)27(43-33)17-28(38)34-15-8-9-22(34)18-37/h5-7,10-13,16,20,22,27,30,37,41H,1,8-9,14-15,17-19H2,2-4H3/t20-,22-,27+,30-,33+/m0/s1. The van der Waals surface area contributed by atoms with Crippen LogP contribution in [0.4, 0.5) is 17.1 Å². The number of para-hydroxylation sites is 2. The number of rotatable bonds is 7. The lowest BCUT2D eigenvalue weighted by molar-refractivity contribution is -0.150. The van der Waals surface area contributed by atoms with Gasteiger partial charge in [0, 0.05) is 36.2 Å². The van der Waals surface area contributed by atoms with Gasteiger partial charge >= 0.3 is 0 Å². The van der Waals surface area contributed by atoms with Crippen molar-refractivity contribution >= 4 is 34.8 Å². The van der Waals surface area contributed by atoms with Crippen LogP contribution in [0.2, 0.25) is 0 Å². The van der Waals surface area contributed by atoms with Gasteiger partial charge in [0.05, 0.1) is 42.1 Å². The number of likely N-dealkylation sites (tertiary alicyclic amines) is 1. The molecule has 0 aliphatic carbocycles. The van der Waals surface area contributed by atoms with Gasteiger partial charge in [-0.2, -0.15) is 0 Å². The molecule has 2 aromatic carbocycles. The van der Waals surface area contributed by atoms with E-state index < -0.39 is 29.1 Å². The first-order valence-corrected chi connectivity index (χ1v) is 15.0. The second kappa shape index (κ2) is 10.8. The highest BCUT2D eigenvalue weighted by atomic mass is 16.5. The van der Waals surface area contributed by atoms with E-state index in [0.29, 0.717) is 34.9 Å². The molecule has 0 radical (unpaired) electrons. The van der Waals surface area contributed by atoms with Crippen LogP contribution >= 0.6 is 0 Å². The molecule has 2 N–H and O–H groups in total. The number of aliphatic hydroxyl groups is 2. The molecule has 0 unspecified atom stereocenters. The number of aliphatic hydroxyl groups excluding tert-OH is 1. The zero-order valence-electron chi connectivity index (χ0n) is 24.9. The van der Waals surface area contributed by atoms with Gasteiger partial charge in [0.2, 0.25) is 5.91 Å². The first kappa shape index (κ1) is 29.3. The quantitative estimate of drug-likeness (QED) is 0.476. The molecule has 2 saturated heterocycles. The van der Waals surface area contributed by atoms with E-state index in [4.69, 9.17) is 9.47 Å². The summed E-state index contributed by atoms with van der Waals surface area (Å²) in [6, 6.07) is 12.5. The summed E-state index contributed by atoms with van der Waals surface area (Å²) in [5.74, 6) is -1.22. The molecule has 228 valence electrons. The monoisotopic (exact) mass is 589 g/mol. The molecule has 10 heteroatoms. The normalized spacial score (nSPS) is 28.3. The average molecular weight is 590 g/mol. The van der Waals surface area contributed by atoms with Gasteiger partial charge in [-0.1, -0.05) is 25.1 Å². The van der Waals surface area contributed by atoms with Crippen molar-refractivity contribution in [3.63, 3.8) is 0 Å². The summed E-state index contributed by atoms with van der Waals surface area (Å²) in [6.07, 6.45) is 2.39. The van der Waals surface area contributed by atoms with Crippen LogP contribution in [0, 0.1) is 11.8 Å². The van der Waals surface area contributed by atoms with Crippen LogP contribution in [0.5, 0.6) is 5.75 Å². The Morgan fingerprint density at radius 1 is 1.19 bits per heavy atom. The van der Waals surface area contributed by atoms with Crippen molar-refractivity contribution in [2.24, 2.45) is 11.8 Å². The van der Waals surface area contributed by atoms with E-state index >= 15 is 0 Å². The van der Waals surface area contributed by atoms with Gasteiger partial charge in [-0.3, -0.25) is 19.3 Å². The summed E-state index contributed by atoms with van der Waals surface area (Å²) in [4.78, 5) is 46.1. The summed E-state index contributed by atoms with van der Waals surface area (Å²) < 4.78 is 12.4. The second-order valence-electron chi connectivity index (χ2n) is 12.5. The van der Waals surface area contributed by atoms with E-state index in [1.54, 1.807) is 46.8 Å². The molecular weight excluding hydrogens is 550 g/mol. The average Bonchev–Trinajstić information content (AvgIpc) is 3.63. The highest BCUT2D eigenvalue weighted by Gasteiger charge is 2.66. The topological polar surface area (TPSA) is 120 Å². The lowest BCUT2D eigenvalue weighted by Crippen LogP contribution is -2.46. The van der Waals surface area contributed by atoms with E-state index in [2.05, 4.69) is 6.58 Å². The van der Waals surface area contributed by atoms with E-state index in [-0.39, 0.29) is 49.9 Å². The SMILES string of the molecule is C=CCN1C(=O)[C@]2(O[C@H](CC(=O)N3CCC[C@H]3CO)[C@@H](C(C)(C)O)[C@@H]2C)c2cc(N3C(=O)COc4ccccc43)ccc21. The number of hydrogen-bond acceptors (Lipinski definition) is 7. The molecule has 6 rings (SSSR count). The highest BCUT2D eigenvalue weighted by molar-refractivity contribution is 6.10. The van der Waals surface area contributed by atoms with Crippen LogP contribution in [0.25, 0.3) is 0 Å². The summed E-state index contributed by atoms with van der Waals surface area (Å²) in [5.41, 5.74) is -0.402. The third-order valence-electron chi connectivity index (χ3n) is 9.53. The van der Waals surface area contributed by atoms with Gasteiger partial charge in [-0.15, -0.1) is 6.58 Å². The maximum atomic E-state index is 14.4. The minimum atomic E-state index is -1.50. The molecule has 0 aromatic heterocycles. The van der Waals surface area contributed by atoms with Crippen LogP contribution in [-0.2, 0) is 24.7 Å². The third-order valence-corrected chi connectivity index (χ3v) is 9.53. The van der Waals surface area contributed by atoms with Gasteiger partial charge in [0.15, 0.2) is 12.2 Å². The summed E-state index contributed by atoms with van der Waals surface area (Å²) in [6.45, 7) is 9.67. The fraction of sp³-hybridized carbons (Fsp3) is 0.485. The molecule has 1 spiro atoms. The van der Waals surface area contributed by atoms with Crippen molar-refractivity contribution in [3.05, 3.63) is 60.7 Å². The Morgan fingerprint density at radius 3 is 2.67 bits per heavy atom. The second-order valence-corrected chi connectivity index (χ2v) is 12.5. The Kier molecular flexibility index (Phi) is 7.35. The Balaban J connectivity index is 1.45. The molecule has 0 bridgehead atoms. The molecule has 5 atom stereocenters. The van der Waals surface area contributed by atoms with E-state index in [1.807, 2.05) is 37.3 Å². The molecule has 4 aliphatic heterocycles. The lowest BCUT2D eigenvalue weighted by atomic mass is 9.70. The minimum absolute atomic E-state index is 0.0314. The van der Waals surface area contributed by atoms with E-state index in [0.717, 1.165) is 12.8 Å². The molecule has 43 heavy (non-hydrogen) atoms. The number of ether oxygens (including phenoxy) is 2. The summed E-state index contributed by atoms with van der Waals surface area (Å²) in [5, 5.41) is 21.2. The Morgan fingerprint density at radius 2 is 1.95 bits per heavy atom. The largest absolute Gasteiger partial charge is 0.482 e. The lowest BCUT2D eigenvalue weighted by Gasteiger charge is -2.34. The molecule has 0 saturated carbocycles. The number of hydrogen-bond donors (Lipinski definition) is 2. The van der Waals surface area contributed by atoms with Crippen LogP contribution in [0.3, 0.4) is 0 Å². The van der Waals surface area contributed by atoms with Crippen molar-refractivity contribution in [2.45, 2.75) is 63.4 Å². The van der Waals surface area contributed by atoms with Gasteiger partial charge in [0.1, 0.15) is 5.75 Å². The number of nitrogens with zero attached hydrogens (tertiary/aromatic N) is 3. The minimum Gasteiger partial charge on any atom is -0.482 e. The molecule has 2 aromatic rings. The summed E-state index contributed by atoms with van der Waals surface area (Å²) in [7, 11) is 0. The van der Waals surface area contributed by atoms with E-state index in [9.17, 15) is 24.6 Å². The van der Waals surface area contributed by atoms with Gasteiger partial charge < -0.3 is 29.5 Å². The molecule has 3 amide bonds. The molecule has 2 fully saturated rings. The van der Waals surface area contributed by atoms with Crippen molar-refractivity contribution in [1.82, 2.24) is 4.90 Å². The number of amides is 3. The Hall–Kier alpha value is -3.73. The van der Waals surface area contributed by atoms with Gasteiger partial charge in [-0.25, -0.2) is 0 Å². The van der Waals surface area contributed by atoms with Gasteiger partial charge in [0.25, 0.3) is 11.8 Å². The predicted molar refractivity (Wildman–Crippen MR) is 160 cm³/mol. The number of carbonyl (C=O) groups excluding carboxylic acids is 3. The summed E-state index contributed by atoms with van der Waals surface area (Å²) >= 11 is 0. The predicted octanol–water partition coefficient (Wildman–Crippen LogP) is 3.27. The van der Waals surface area contributed by atoms with Crippen LogP contribution in [-0.4, -0.2) is 76.9 Å². The molecule has 10 nitrogen and oxygen atoms in total. The fourth-order valence-electron chi connectivity index (χ4n) is 7.74. The van der Waals surface area contributed by atoms with Crippen LogP contribution in [0.15, 0.2) is 55.1 Å². The molecular formula is C33H39N3O7. The smallest absolute Gasteiger partial charge is 0.269 e. The zero-order valence-corrected chi connectivity index (χ0v) is 24.9. The highest BCUT2D eigenvalue weighted by Crippen LogP contribution is 2.58. The maximum Gasteiger partial charge on any atom is 0.269 e. The zero-order chi connectivity index (χ0) is 30.7.